The van der Waals surface area contributed by atoms with E-state index in [1.807, 2.05) is 0 Å². The minimum absolute atomic E-state index is 0. The number of hydrogen-bond acceptors (Lipinski definition) is 7. The fourth-order valence-electron chi connectivity index (χ4n) is 3.00. The third kappa shape index (κ3) is 4.10. The highest BCUT2D eigenvalue weighted by atomic mass is 35.5. The van der Waals surface area contributed by atoms with Gasteiger partial charge >= 0.3 is 0 Å². The lowest BCUT2D eigenvalue weighted by molar-refractivity contribution is -0.136. The lowest BCUT2D eigenvalue weighted by Crippen LogP contribution is -2.54. The van der Waals surface area contributed by atoms with Crippen LogP contribution in [-0.4, -0.2) is 60.9 Å². The summed E-state index contributed by atoms with van der Waals surface area (Å²) in [4.78, 5) is 49.7. The van der Waals surface area contributed by atoms with Gasteiger partial charge in [0.15, 0.2) is 0 Å². The van der Waals surface area contributed by atoms with Gasteiger partial charge in [0.1, 0.15) is 18.4 Å². The number of nitrogens with zero attached hydrogens (tertiary/aromatic N) is 1. The second-order valence-electron chi connectivity index (χ2n) is 5.88. The molecule has 0 spiro atoms. The van der Waals surface area contributed by atoms with E-state index in [4.69, 9.17) is 15.2 Å². The summed E-state index contributed by atoms with van der Waals surface area (Å²) in [6.45, 7) is 1.28. The van der Waals surface area contributed by atoms with E-state index in [-0.39, 0.29) is 48.7 Å². The van der Waals surface area contributed by atoms with Crippen LogP contribution >= 0.6 is 12.4 Å². The van der Waals surface area contributed by atoms with Gasteiger partial charge in [0.25, 0.3) is 11.8 Å². The summed E-state index contributed by atoms with van der Waals surface area (Å²) in [6.07, 6.45) is 0.185. The van der Waals surface area contributed by atoms with E-state index >= 15 is 0 Å². The topological polar surface area (TPSA) is 128 Å². The first-order chi connectivity index (χ1) is 12.5. The fraction of sp³-hybridized carbons (Fsp3) is 0.412. The van der Waals surface area contributed by atoms with Crippen molar-refractivity contribution in [2.24, 2.45) is 5.73 Å². The molecule has 1 atom stereocenters. The molecule has 0 bridgehead atoms. The Kier molecular flexibility index (Phi) is 6.89. The highest BCUT2D eigenvalue weighted by Gasteiger charge is 2.45. The second-order valence-corrected chi connectivity index (χ2v) is 5.88. The normalized spacial score (nSPS) is 18.9. The molecule has 1 fully saturated rings. The van der Waals surface area contributed by atoms with Crippen LogP contribution in [0.15, 0.2) is 18.2 Å². The number of halogens is 1. The van der Waals surface area contributed by atoms with E-state index in [1.165, 1.54) is 6.07 Å². The monoisotopic (exact) mass is 397 g/mol. The van der Waals surface area contributed by atoms with Gasteiger partial charge in [-0.2, -0.15) is 0 Å². The van der Waals surface area contributed by atoms with Gasteiger partial charge in [-0.1, -0.05) is 6.07 Å². The van der Waals surface area contributed by atoms with Gasteiger partial charge < -0.3 is 15.2 Å². The molecule has 1 aromatic carbocycles. The number of rotatable bonds is 7. The lowest BCUT2D eigenvalue weighted by atomic mass is 10.0. The Hall–Kier alpha value is -2.49. The molecule has 1 saturated heterocycles. The van der Waals surface area contributed by atoms with Crippen molar-refractivity contribution < 1.29 is 28.7 Å². The molecule has 0 radical (unpaired) electrons. The number of amides is 4. The number of ether oxygens (including phenoxy) is 2. The summed E-state index contributed by atoms with van der Waals surface area (Å²) in [5.41, 5.74) is 5.63. The molecule has 2 aliphatic rings. The number of nitrogens with two attached hydrogens (primary N) is 1. The number of carbonyl (C=O) groups excluding carboxylic acids is 4. The zero-order valence-electron chi connectivity index (χ0n) is 14.4. The standard InChI is InChI=1S/C17H19N3O6.ClH/c18-6-7-25-8-9-26-12-3-1-2-10-14(12)17(24)20(16(10)23)11-4-5-13(21)19-15(11)22;/h1-3,11H,4-9,18H2,(H,19,21,22);1H. The van der Waals surface area contributed by atoms with Crippen LogP contribution in [0.5, 0.6) is 5.75 Å². The Balaban J connectivity index is 0.00000261. The molecule has 146 valence electrons. The van der Waals surface area contributed by atoms with Crippen molar-refractivity contribution >= 4 is 36.0 Å². The number of fused-ring (bicyclic) bond motifs is 1. The highest BCUT2D eigenvalue weighted by molar-refractivity contribution is 6.24. The lowest BCUT2D eigenvalue weighted by Gasteiger charge is -2.27. The largest absolute Gasteiger partial charge is 0.490 e. The first kappa shape index (κ1) is 20.8. The zero-order valence-corrected chi connectivity index (χ0v) is 15.3. The van der Waals surface area contributed by atoms with Crippen molar-refractivity contribution in [3.63, 3.8) is 0 Å². The highest BCUT2D eigenvalue weighted by Crippen LogP contribution is 2.33. The van der Waals surface area contributed by atoms with Crippen molar-refractivity contribution in [3.05, 3.63) is 29.3 Å². The van der Waals surface area contributed by atoms with Crippen molar-refractivity contribution in [2.45, 2.75) is 18.9 Å². The Morgan fingerprint density at radius 2 is 1.89 bits per heavy atom. The van der Waals surface area contributed by atoms with Gasteiger partial charge in [-0.3, -0.25) is 29.4 Å². The summed E-state index contributed by atoms with van der Waals surface area (Å²) in [6, 6.07) is 3.70. The van der Waals surface area contributed by atoms with E-state index in [0.29, 0.717) is 19.8 Å². The molecule has 3 N–H and O–H groups in total. The predicted molar refractivity (Wildman–Crippen MR) is 95.7 cm³/mol. The minimum atomic E-state index is -0.999. The molecule has 4 amide bonds. The maximum atomic E-state index is 12.8. The quantitative estimate of drug-likeness (QED) is 0.484. The predicted octanol–water partition coefficient (Wildman–Crippen LogP) is -0.136. The van der Waals surface area contributed by atoms with Crippen molar-refractivity contribution in [1.29, 1.82) is 0 Å². The molecule has 0 aromatic heterocycles. The van der Waals surface area contributed by atoms with E-state index in [9.17, 15) is 19.2 Å². The van der Waals surface area contributed by atoms with Gasteiger partial charge in [-0.05, 0) is 18.6 Å². The first-order valence-corrected chi connectivity index (χ1v) is 8.29. The minimum Gasteiger partial charge on any atom is -0.490 e. The second kappa shape index (κ2) is 8.94. The Labute approximate surface area is 161 Å². The van der Waals surface area contributed by atoms with Crippen LogP contribution in [0.25, 0.3) is 0 Å². The van der Waals surface area contributed by atoms with Crippen LogP contribution in [0.2, 0.25) is 0 Å². The number of imide groups is 2. The average molecular weight is 398 g/mol. The molecule has 27 heavy (non-hydrogen) atoms. The van der Waals surface area contributed by atoms with Crippen molar-refractivity contribution in [2.75, 3.05) is 26.4 Å². The van der Waals surface area contributed by atoms with Crippen LogP contribution in [-0.2, 0) is 14.3 Å². The molecule has 0 aliphatic carbocycles. The van der Waals surface area contributed by atoms with E-state index in [0.717, 1.165) is 4.90 Å². The maximum Gasteiger partial charge on any atom is 0.266 e. The average Bonchev–Trinajstić information content (AvgIpc) is 2.87. The van der Waals surface area contributed by atoms with Gasteiger partial charge in [0.2, 0.25) is 11.8 Å². The van der Waals surface area contributed by atoms with Gasteiger partial charge in [0, 0.05) is 13.0 Å². The van der Waals surface area contributed by atoms with Gasteiger partial charge in [-0.15, -0.1) is 12.4 Å². The number of hydrogen-bond donors (Lipinski definition) is 2. The smallest absolute Gasteiger partial charge is 0.266 e. The van der Waals surface area contributed by atoms with Crippen molar-refractivity contribution in [3.8, 4) is 5.75 Å². The van der Waals surface area contributed by atoms with E-state index in [2.05, 4.69) is 5.32 Å². The fourth-order valence-corrected chi connectivity index (χ4v) is 3.00. The van der Waals surface area contributed by atoms with Gasteiger partial charge in [-0.25, -0.2) is 0 Å². The van der Waals surface area contributed by atoms with Crippen LogP contribution < -0.4 is 15.8 Å². The molecule has 9 nitrogen and oxygen atoms in total. The molecule has 1 aromatic rings. The zero-order chi connectivity index (χ0) is 18.7. The Morgan fingerprint density at radius 3 is 2.59 bits per heavy atom. The molecular weight excluding hydrogens is 378 g/mol. The first-order valence-electron chi connectivity index (χ1n) is 8.29. The number of nitrogens with one attached hydrogen (secondary N) is 1. The number of piperidine rings is 1. The van der Waals surface area contributed by atoms with Crippen LogP contribution in [0.4, 0.5) is 0 Å². The summed E-state index contributed by atoms with van der Waals surface area (Å²) >= 11 is 0. The molecule has 10 heteroatoms. The summed E-state index contributed by atoms with van der Waals surface area (Å²) in [5, 5.41) is 2.16. The van der Waals surface area contributed by atoms with Crippen molar-refractivity contribution in [1.82, 2.24) is 10.2 Å². The molecule has 2 aliphatic heterocycles. The van der Waals surface area contributed by atoms with E-state index in [1.54, 1.807) is 12.1 Å². The molecule has 3 rings (SSSR count). The third-order valence-electron chi connectivity index (χ3n) is 4.18. The van der Waals surface area contributed by atoms with Gasteiger partial charge in [0.05, 0.1) is 24.3 Å². The SMILES string of the molecule is Cl.NCCOCCOc1cccc2c1C(=O)N(C1CCC(=O)NC1=O)C2=O. The maximum absolute atomic E-state index is 12.8. The number of benzene rings is 1. The summed E-state index contributed by atoms with van der Waals surface area (Å²) < 4.78 is 10.8. The molecule has 1 unspecified atom stereocenters. The van der Waals surface area contributed by atoms with Crippen LogP contribution in [0, 0.1) is 0 Å². The Bertz CT molecular complexity index is 769. The van der Waals surface area contributed by atoms with Crippen LogP contribution in [0.3, 0.4) is 0 Å². The summed E-state index contributed by atoms with van der Waals surface area (Å²) in [7, 11) is 0. The van der Waals surface area contributed by atoms with E-state index < -0.39 is 29.7 Å². The Morgan fingerprint density at radius 1 is 1.11 bits per heavy atom. The molecule has 0 saturated carbocycles. The van der Waals surface area contributed by atoms with Crippen LogP contribution in [0.1, 0.15) is 33.6 Å². The third-order valence-corrected chi connectivity index (χ3v) is 4.18. The summed E-state index contributed by atoms with van der Waals surface area (Å²) in [5.74, 6) is -1.97. The molecule has 2 heterocycles. The number of carbonyl (C=O) groups is 4. The molecular formula is C17H20ClN3O6.